The molecule has 0 aliphatic heterocycles. The van der Waals surface area contributed by atoms with Crippen LogP contribution in [0.2, 0.25) is 0 Å². The van der Waals surface area contributed by atoms with Crippen LogP contribution in [-0.4, -0.2) is 5.11 Å². The van der Waals surface area contributed by atoms with E-state index in [0.717, 1.165) is 17.5 Å². The Labute approximate surface area is 96.3 Å². The summed E-state index contributed by atoms with van der Waals surface area (Å²) in [5.41, 5.74) is 0.808. The van der Waals surface area contributed by atoms with Crippen LogP contribution in [0.3, 0.4) is 0 Å². The molecule has 2 rings (SSSR count). The summed E-state index contributed by atoms with van der Waals surface area (Å²) in [4.78, 5) is 0. The van der Waals surface area contributed by atoms with Gasteiger partial charge in [-0.2, -0.15) is 0 Å². The lowest BCUT2D eigenvalue weighted by Crippen LogP contribution is -2.28. The first-order valence-corrected chi connectivity index (χ1v) is 5.98. The van der Waals surface area contributed by atoms with E-state index in [2.05, 4.69) is 0 Å². The lowest BCUT2D eigenvalue weighted by Gasteiger charge is -2.34. The van der Waals surface area contributed by atoms with Gasteiger partial charge in [0.25, 0.3) is 0 Å². The van der Waals surface area contributed by atoms with Crippen molar-refractivity contribution in [3.8, 4) is 0 Å². The van der Waals surface area contributed by atoms with Crippen LogP contribution < -0.4 is 0 Å². The van der Waals surface area contributed by atoms with Crippen LogP contribution in [0, 0.1) is 18.7 Å². The smallest absolute Gasteiger partial charge is 0.123 e. The van der Waals surface area contributed by atoms with Crippen LogP contribution >= 0.6 is 0 Å². The molecule has 0 saturated heterocycles. The predicted molar refractivity (Wildman–Crippen MR) is 62.7 cm³/mol. The zero-order valence-electron chi connectivity index (χ0n) is 9.96. The molecule has 1 aliphatic rings. The van der Waals surface area contributed by atoms with Crippen molar-refractivity contribution in [1.82, 2.24) is 0 Å². The SMILES string of the molecule is Cc1ccc(F)cc1C(C)(O)CC1CCC1. The van der Waals surface area contributed by atoms with Crippen molar-refractivity contribution >= 4 is 0 Å². The van der Waals surface area contributed by atoms with E-state index in [9.17, 15) is 9.50 Å². The molecule has 1 N–H and O–H groups in total. The molecule has 2 heteroatoms. The lowest BCUT2D eigenvalue weighted by molar-refractivity contribution is 0.0154. The minimum absolute atomic E-state index is 0.269. The summed E-state index contributed by atoms with van der Waals surface area (Å²) in [6.07, 6.45) is 4.41. The molecule has 1 nitrogen and oxygen atoms in total. The highest BCUT2D eigenvalue weighted by Gasteiger charge is 2.31. The van der Waals surface area contributed by atoms with E-state index in [-0.39, 0.29) is 5.82 Å². The average Bonchev–Trinajstić information content (AvgIpc) is 2.16. The highest BCUT2D eigenvalue weighted by Crippen LogP contribution is 2.38. The van der Waals surface area contributed by atoms with Gasteiger partial charge < -0.3 is 5.11 Å². The molecule has 0 spiro atoms. The fraction of sp³-hybridized carbons (Fsp3) is 0.571. The quantitative estimate of drug-likeness (QED) is 0.829. The number of benzene rings is 1. The largest absolute Gasteiger partial charge is 0.385 e. The summed E-state index contributed by atoms with van der Waals surface area (Å²) in [5.74, 6) is 0.340. The number of aryl methyl sites for hydroxylation is 1. The monoisotopic (exact) mass is 222 g/mol. The van der Waals surface area contributed by atoms with E-state index >= 15 is 0 Å². The molecule has 16 heavy (non-hydrogen) atoms. The number of aliphatic hydroxyl groups is 1. The maximum absolute atomic E-state index is 13.2. The molecule has 1 fully saturated rings. The average molecular weight is 222 g/mol. The first-order valence-electron chi connectivity index (χ1n) is 5.98. The van der Waals surface area contributed by atoms with E-state index < -0.39 is 5.60 Å². The summed E-state index contributed by atoms with van der Waals surface area (Å²) < 4.78 is 13.2. The topological polar surface area (TPSA) is 20.2 Å². The molecular weight excluding hydrogens is 203 g/mol. The fourth-order valence-corrected chi connectivity index (χ4v) is 2.54. The molecule has 1 aromatic rings. The van der Waals surface area contributed by atoms with Gasteiger partial charge in [-0.3, -0.25) is 0 Å². The third kappa shape index (κ3) is 2.27. The highest BCUT2D eigenvalue weighted by molar-refractivity contribution is 5.31. The summed E-state index contributed by atoms with van der Waals surface area (Å²) in [5, 5.41) is 10.5. The number of halogens is 1. The number of hydrogen-bond acceptors (Lipinski definition) is 1. The lowest BCUT2D eigenvalue weighted by atomic mass is 9.75. The fourth-order valence-electron chi connectivity index (χ4n) is 2.54. The van der Waals surface area contributed by atoms with E-state index in [1.165, 1.54) is 31.4 Å². The van der Waals surface area contributed by atoms with Gasteiger partial charge >= 0.3 is 0 Å². The van der Waals surface area contributed by atoms with Crippen LogP contribution in [0.1, 0.15) is 43.7 Å². The summed E-state index contributed by atoms with van der Waals surface area (Å²) >= 11 is 0. The standard InChI is InChI=1S/C14H19FO/c1-10-6-7-12(15)8-13(10)14(2,16)9-11-4-3-5-11/h6-8,11,16H,3-5,9H2,1-2H3. The van der Waals surface area contributed by atoms with Gasteiger partial charge in [0.2, 0.25) is 0 Å². The summed E-state index contributed by atoms with van der Waals surface area (Å²) in [6, 6.07) is 4.65. The first kappa shape index (κ1) is 11.6. The van der Waals surface area contributed by atoms with Crippen LogP contribution in [0.15, 0.2) is 18.2 Å². The van der Waals surface area contributed by atoms with Gasteiger partial charge in [-0.05, 0) is 49.4 Å². The minimum atomic E-state index is -0.892. The third-order valence-electron chi connectivity index (χ3n) is 3.69. The molecular formula is C14H19FO. The van der Waals surface area contributed by atoms with Crippen molar-refractivity contribution in [3.63, 3.8) is 0 Å². The molecule has 1 unspecified atom stereocenters. The Kier molecular flexibility index (Phi) is 3.02. The number of hydrogen-bond donors (Lipinski definition) is 1. The molecule has 1 saturated carbocycles. The van der Waals surface area contributed by atoms with Crippen LogP contribution in [-0.2, 0) is 5.60 Å². The summed E-state index contributed by atoms with van der Waals surface area (Å²) in [6.45, 7) is 3.72. The molecule has 0 bridgehead atoms. The zero-order valence-corrected chi connectivity index (χ0v) is 9.96. The Bertz CT molecular complexity index is 380. The molecule has 88 valence electrons. The minimum Gasteiger partial charge on any atom is -0.385 e. The van der Waals surface area contributed by atoms with Crippen LogP contribution in [0.5, 0.6) is 0 Å². The summed E-state index contributed by atoms with van der Waals surface area (Å²) in [7, 11) is 0. The molecule has 0 aromatic heterocycles. The molecule has 0 radical (unpaired) electrons. The van der Waals surface area contributed by atoms with Gasteiger partial charge in [0, 0.05) is 0 Å². The van der Waals surface area contributed by atoms with Crippen molar-refractivity contribution in [2.75, 3.05) is 0 Å². The second-order valence-electron chi connectivity index (χ2n) is 5.23. The van der Waals surface area contributed by atoms with E-state index in [4.69, 9.17) is 0 Å². The van der Waals surface area contributed by atoms with Crippen molar-refractivity contribution in [2.24, 2.45) is 5.92 Å². The molecule has 1 aliphatic carbocycles. The van der Waals surface area contributed by atoms with Gasteiger partial charge in [0.1, 0.15) is 5.82 Å². The first-order chi connectivity index (χ1) is 7.49. The Morgan fingerprint density at radius 1 is 1.44 bits per heavy atom. The van der Waals surface area contributed by atoms with Crippen LogP contribution in [0.25, 0.3) is 0 Å². The van der Waals surface area contributed by atoms with Crippen molar-refractivity contribution < 1.29 is 9.50 Å². The molecule has 1 atom stereocenters. The predicted octanol–water partition coefficient (Wildman–Crippen LogP) is 3.53. The number of rotatable bonds is 3. The maximum atomic E-state index is 13.2. The zero-order chi connectivity index (χ0) is 11.8. The van der Waals surface area contributed by atoms with Gasteiger partial charge in [-0.25, -0.2) is 4.39 Å². The van der Waals surface area contributed by atoms with Gasteiger partial charge in [0.05, 0.1) is 5.60 Å². The Hall–Kier alpha value is -0.890. The Morgan fingerprint density at radius 3 is 2.69 bits per heavy atom. The molecule has 0 amide bonds. The molecule has 1 aromatic carbocycles. The van der Waals surface area contributed by atoms with Gasteiger partial charge in [-0.1, -0.05) is 25.3 Å². The maximum Gasteiger partial charge on any atom is 0.123 e. The molecule has 0 heterocycles. The Balaban J connectivity index is 2.22. The normalized spacial score (nSPS) is 20.2. The van der Waals surface area contributed by atoms with E-state index in [1.54, 1.807) is 13.0 Å². The van der Waals surface area contributed by atoms with E-state index in [0.29, 0.717) is 5.92 Å². The van der Waals surface area contributed by atoms with Crippen molar-refractivity contribution in [2.45, 2.75) is 45.1 Å². The van der Waals surface area contributed by atoms with Crippen molar-refractivity contribution in [1.29, 1.82) is 0 Å². The second-order valence-corrected chi connectivity index (χ2v) is 5.23. The van der Waals surface area contributed by atoms with Crippen LogP contribution in [0.4, 0.5) is 4.39 Å². The van der Waals surface area contributed by atoms with Gasteiger partial charge in [0.15, 0.2) is 0 Å². The van der Waals surface area contributed by atoms with E-state index in [1.807, 2.05) is 6.92 Å². The van der Waals surface area contributed by atoms with Gasteiger partial charge in [-0.15, -0.1) is 0 Å². The van der Waals surface area contributed by atoms with Crippen molar-refractivity contribution in [3.05, 3.63) is 35.1 Å². The second kappa shape index (κ2) is 4.17. The highest BCUT2D eigenvalue weighted by atomic mass is 19.1. The third-order valence-corrected chi connectivity index (χ3v) is 3.69. The Morgan fingerprint density at radius 2 is 2.12 bits per heavy atom.